The average Bonchev–Trinajstić information content (AvgIpc) is 2.64. The molecule has 0 bridgehead atoms. The molecule has 1 saturated carbocycles. The average molecular weight is 344 g/mol. The molecule has 0 unspecified atom stereocenters. The van der Waals surface area contributed by atoms with Gasteiger partial charge in [-0.2, -0.15) is 0 Å². The molecule has 0 aromatic heterocycles. The van der Waals surface area contributed by atoms with Crippen molar-refractivity contribution in [1.82, 2.24) is 0 Å². The molecule has 0 aliphatic heterocycles. The van der Waals surface area contributed by atoms with E-state index >= 15 is 0 Å². The predicted octanol–water partition coefficient (Wildman–Crippen LogP) is 7.44. The summed E-state index contributed by atoms with van der Waals surface area (Å²) in [4.78, 5) is 0. The zero-order chi connectivity index (χ0) is 17.6. The second kappa shape index (κ2) is 8.78. The van der Waals surface area contributed by atoms with Crippen molar-refractivity contribution in [1.29, 1.82) is 0 Å². The number of halogens is 2. The molecule has 0 spiro atoms. The van der Waals surface area contributed by atoms with Crippen molar-refractivity contribution in [3.8, 4) is 0 Å². The molecule has 2 aromatic rings. The highest BCUT2D eigenvalue weighted by molar-refractivity contribution is 5.83. The Morgan fingerprint density at radius 1 is 0.880 bits per heavy atom. The number of fused-ring (bicyclic) bond motifs is 1. The lowest BCUT2D eigenvalue weighted by Crippen LogP contribution is -2.15. The lowest BCUT2D eigenvalue weighted by Gasteiger charge is -2.28. The minimum absolute atomic E-state index is 0.385. The van der Waals surface area contributed by atoms with E-state index in [1.54, 1.807) is 12.1 Å². The minimum Gasteiger partial charge on any atom is -0.204 e. The van der Waals surface area contributed by atoms with Crippen LogP contribution in [0.3, 0.4) is 0 Å². The predicted molar refractivity (Wildman–Crippen MR) is 102 cm³/mol. The van der Waals surface area contributed by atoms with Crippen LogP contribution in [0.15, 0.2) is 30.3 Å². The van der Waals surface area contributed by atoms with Gasteiger partial charge in [0, 0.05) is 5.39 Å². The second-order valence-electron chi connectivity index (χ2n) is 7.84. The fourth-order valence-electron chi connectivity index (χ4n) is 4.33. The molecule has 2 heteroatoms. The molecule has 2 aromatic carbocycles. The Labute approximate surface area is 150 Å². The van der Waals surface area contributed by atoms with Crippen LogP contribution in [0.4, 0.5) is 8.78 Å². The topological polar surface area (TPSA) is 0 Å². The van der Waals surface area contributed by atoms with Crippen molar-refractivity contribution in [2.45, 2.75) is 71.1 Å². The van der Waals surface area contributed by atoms with Crippen LogP contribution in [0.5, 0.6) is 0 Å². The van der Waals surface area contributed by atoms with Crippen molar-refractivity contribution in [2.24, 2.45) is 11.8 Å². The van der Waals surface area contributed by atoms with Gasteiger partial charge in [0.05, 0.1) is 0 Å². The molecule has 0 heterocycles. The third-order valence-electron chi connectivity index (χ3n) is 5.99. The Hall–Kier alpha value is -1.44. The van der Waals surface area contributed by atoms with E-state index in [9.17, 15) is 8.78 Å². The summed E-state index contributed by atoms with van der Waals surface area (Å²) in [6, 6.07) is 8.61. The molecule has 1 aliphatic carbocycles. The van der Waals surface area contributed by atoms with E-state index in [-0.39, 0.29) is 0 Å². The molecule has 0 saturated heterocycles. The molecular weight excluding hydrogens is 314 g/mol. The Bertz CT molecular complexity index is 684. The first-order valence-electron chi connectivity index (χ1n) is 10.0. The summed E-state index contributed by atoms with van der Waals surface area (Å²) >= 11 is 0. The van der Waals surface area contributed by atoms with Gasteiger partial charge >= 0.3 is 0 Å². The van der Waals surface area contributed by atoms with Gasteiger partial charge in [-0.1, -0.05) is 82.6 Å². The van der Waals surface area contributed by atoms with E-state index in [1.165, 1.54) is 69.4 Å². The molecule has 136 valence electrons. The van der Waals surface area contributed by atoms with E-state index in [1.807, 2.05) is 12.1 Å². The highest BCUT2D eigenvalue weighted by Crippen LogP contribution is 2.34. The molecule has 0 N–H and O–H groups in total. The molecule has 3 rings (SSSR count). The first-order chi connectivity index (χ1) is 12.2. The third-order valence-corrected chi connectivity index (χ3v) is 5.99. The Morgan fingerprint density at radius 2 is 1.60 bits per heavy atom. The lowest BCUT2D eigenvalue weighted by atomic mass is 9.77. The SMILES string of the molecule is CCCCC[C@H]1CC[C@H](CCc2ccc3c(F)c(F)ccc3c2)CC1. The Kier molecular flexibility index (Phi) is 6.45. The van der Waals surface area contributed by atoms with Gasteiger partial charge in [0.15, 0.2) is 11.6 Å². The van der Waals surface area contributed by atoms with E-state index in [0.29, 0.717) is 5.39 Å². The molecular formula is C23H30F2. The maximum absolute atomic E-state index is 13.8. The van der Waals surface area contributed by atoms with Crippen LogP contribution in [0, 0.1) is 23.5 Å². The number of rotatable bonds is 7. The van der Waals surface area contributed by atoms with E-state index in [0.717, 1.165) is 23.6 Å². The number of hydrogen-bond donors (Lipinski definition) is 0. The first kappa shape index (κ1) is 18.4. The van der Waals surface area contributed by atoms with Crippen molar-refractivity contribution in [3.63, 3.8) is 0 Å². The second-order valence-corrected chi connectivity index (χ2v) is 7.84. The summed E-state index contributed by atoms with van der Waals surface area (Å²) in [5.41, 5.74) is 1.24. The number of benzene rings is 2. The maximum Gasteiger partial charge on any atom is 0.166 e. The van der Waals surface area contributed by atoms with Crippen LogP contribution >= 0.6 is 0 Å². The standard InChI is InChI=1S/C23H30F2/c1-2-3-4-5-17-6-8-18(9-7-17)10-11-19-12-14-21-20(16-19)13-15-22(24)23(21)25/h12-18H,2-11H2,1H3/t17-,18-. The summed E-state index contributed by atoms with van der Waals surface area (Å²) in [7, 11) is 0. The van der Waals surface area contributed by atoms with Crippen LogP contribution in [-0.4, -0.2) is 0 Å². The van der Waals surface area contributed by atoms with Gasteiger partial charge in [-0.05, 0) is 41.7 Å². The van der Waals surface area contributed by atoms with Crippen molar-refractivity contribution in [2.75, 3.05) is 0 Å². The Balaban J connectivity index is 1.49. The fourth-order valence-corrected chi connectivity index (χ4v) is 4.33. The Morgan fingerprint density at radius 3 is 2.32 bits per heavy atom. The molecule has 0 nitrogen and oxygen atoms in total. The zero-order valence-corrected chi connectivity index (χ0v) is 15.4. The molecule has 1 fully saturated rings. The monoisotopic (exact) mass is 344 g/mol. The largest absolute Gasteiger partial charge is 0.204 e. The third kappa shape index (κ3) is 4.80. The van der Waals surface area contributed by atoms with E-state index in [4.69, 9.17) is 0 Å². The molecule has 1 aliphatic rings. The minimum atomic E-state index is -0.768. The lowest BCUT2D eigenvalue weighted by molar-refractivity contribution is 0.249. The van der Waals surface area contributed by atoms with Gasteiger partial charge < -0.3 is 0 Å². The molecule has 0 amide bonds. The van der Waals surface area contributed by atoms with Crippen molar-refractivity contribution in [3.05, 3.63) is 47.5 Å². The smallest absolute Gasteiger partial charge is 0.166 e. The van der Waals surface area contributed by atoms with Gasteiger partial charge in [0.1, 0.15) is 0 Å². The van der Waals surface area contributed by atoms with Crippen LogP contribution in [0.1, 0.15) is 70.3 Å². The summed E-state index contributed by atoms with van der Waals surface area (Å²) < 4.78 is 27.1. The van der Waals surface area contributed by atoms with Crippen molar-refractivity contribution >= 4 is 10.8 Å². The van der Waals surface area contributed by atoms with Crippen LogP contribution in [0.25, 0.3) is 10.8 Å². The normalized spacial score (nSPS) is 20.9. The maximum atomic E-state index is 13.8. The van der Waals surface area contributed by atoms with E-state index in [2.05, 4.69) is 6.92 Å². The number of hydrogen-bond acceptors (Lipinski definition) is 0. The molecule has 25 heavy (non-hydrogen) atoms. The summed E-state index contributed by atoms with van der Waals surface area (Å²) in [6.07, 6.45) is 13.3. The summed E-state index contributed by atoms with van der Waals surface area (Å²) in [6.45, 7) is 2.27. The van der Waals surface area contributed by atoms with Gasteiger partial charge in [-0.15, -0.1) is 0 Å². The van der Waals surface area contributed by atoms with Crippen LogP contribution < -0.4 is 0 Å². The van der Waals surface area contributed by atoms with Gasteiger partial charge in [-0.25, -0.2) is 8.78 Å². The van der Waals surface area contributed by atoms with Gasteiger partial charge in [0.2, 0.25) is 0 Å². The summed E-state index contributed by atoms with van der Waals surface area (Å²) in [5.74, 6) is 0.297. The fraction of sp³-hybridized carbons (Fsp3) is 0.565. The van der Waals surface area contributed by atoms with Crippen molar-refractivity contribution < 1.29 is 8.78 Å². The highest BCUT2D eigenvalue weighted by Gasteiger charge is 2.20. The highest BCUT2D eigenvalue weighted by atomic mass is 19.2. The van der Waals surface area contributed by atoms with Gasteiger partial charge in [-0.3, -0.25) is 0 Å². The number of unbranched alkanes of at least 4 members (excludes halogenated alkanes) is 2. The van der Waals surface area contributed by atoms with E-state index < -0.39 is 11.6 Å². The molecule has 0 radical (unpaired) electrons. The quantitative estimate of drug-likeness (QED) is 0.458. The number of aryl methyl sites for hydroxylation is 1. The van der Waals surface area contributed by atoms with Crippen LogP contribution in [-0.2, 0) is 6.42 Å². The zero-order valence-electron chi connectivity index (χ0n) is 15.4. The molecule has 0 atom stereocenters. The van der Waals surface area contributed by atoms with Gasteiger partial charge in [0.25, 0.3) is 0 Å². The summed E-state index contributed by atoms with van der Waals surface area (Å²) in [5, 5.41) is 1.19. The first-order valence-corrected chi connectivity index (χ1v) is 10.0. The van der Waals surface area contributed by atoms with Crippen LogP contribution in [0.2, 0.25) is 0 Å².